The van der Waals surface area contributed by atoms with Crippen LogP contribution in [0, 0.1) is 13.8 Å². The maximum Gasteiger partial charge on any atom is 0.249 e. The van der Waals surface area contributed by atoms with Crippen LogP contribution in [0.3, 0.4) is 0 Å². The van der Waals surface area contributed by atoms with Crippen molar-refractivity contribution in [2.75, 3.05) is 6.54 Å². The van der Waals surface area contributed by atoms with Crippen LogP contribution in [0.4, 0.5) is 0 Å². The highest BCUT2D eigenvalue weighted by Gasteiger charge is 2.35. The summed E-state index contributed by atoms with van der Waals surface area (Å²) in [5.41, 5.74) is 1.67. The molecule has 0 bridgehead atoms. The lowest BCUT2D eigenvalue weighted by atomic mass is 10.1. The molecule has 1 aromatic rings. The Bertz CT molecular complexity index is 559. The monoisotopic (exact) mass is 293 g/mol. The summed E-state index contributed by atoms with van der Waals surface area (Å²) >= 11 is 0. The Morgan fingerprint density at radius 2 is 2.14 bits per heavy atom. The zero-order valence-electron chi connectivity index (χ0n) is 12.4. The molecule has 7 nitrogen and oxygen atoms in total. The van der Waals surface area contributed by atoms with Gasteiger partial charge in [-0.2, -0.15) is 0 Å². The minimum atomic E-state index is -0.570. The minimum Gasteiger partial charge on any atom is -0.361 e. The van der Waals surface area contributed by atoms with E-state index in [1.807, 2.05) is 13.8 Å². The molecule has 0 aromatic carbocycles. The predicted octanol–water partition coefficient (Wildman–Crippen LogP) is 0.488. The van der Waals surface area contributed by atoms with Gasteiger partial charge in [0.1, 0.15) is 18.3 Å². The number of imide groups is 1. The molecular weight excluding hydrogens is 274 g/mol. The number of amides is 3. The quantitative estimate of drug-likeness (QED) is 0.815. The van der Waals surface area contributed by atoms with Gasteiger partial charge in [-0.3, -0.25) is 19.7 Å². The molecule has 7 heteroatoms. The van der Waals surface area contributed by atoms with Gasteiger partial charge in [0, 0.05) is 12.0 Å². The minimum absolute atomic E-state index is 0.0648. The van der Waals surface area contributed by atoms with Crippen molar-refractivity contribution < 1.29 is 18.9 Å². The maximum atomic E-state index is 12.3. The van der Waals surface area contributed by atoms with Gasteiger partial charge in [-0.15, -0.1) is 0 Å². The zero-order chi connectivity index (χ0) is 15.6. The number of hydrogen-bond acceptors (Lipinski definition) is 5. The van der Waals surface area contributed by atoms with Crippen molar-refractivity contribution in [3.8, 4) is 0 Å². The van der Waals surface area contributed by atoms with Crippen LogP contribution in [-0.4, -0.2) is 40.4 Å². The lowest BCUT2D eigenvalue weighted by Crippen LogP contribution is -2.59. The molecule has 1 fully saturated rings. The van der Waals surface area contributed by atoms with Crippen molar-refractivity contribution >= 4 is 17.7 Å². The highest BCUT2D eigenvalue weighted by atomic mass is 16.5. The van der Waals surface area contributed by atoms with E-state index in [2.05, 4.69) is 10.5 Å². The topological polar surface area (TPSA) is 92.5 Å². The summed E-state index contributed by atoms with van der Waals surface area (Å²) in [7, 11) is 0. The first-order chi connectivity index (χ1) is 9.93. The van der Waals surface area contributed by atoms with Gasteiger partial charge < -0.3 is 9.42 Å². The van der Waals surface area contributed by atoms with E-state index in [-0.39, 0.29) is 18.9 Å². The Kier molecular flexibility index (Phi) is 4.40. The van der Waals surface area contributed by atoms with Gasteiger partial charge in [-0.25, -0.2) is 0 Å². The molecule has 1 atom stereocenters. The molecule has 0 saturated carbocycles. The highest BCUT2D eigenvalue weighted by molar-refractivity contribution is 6.04. The molecule has 1 aliphatic rings. The van der Waals surface area contributed by atoms with E-state index in [0.717, 1.165) is 11.3 Å². The van der Waals surface area contributed by atoms with Crippen molar-refractivity contribution in [1.29, 1.82) is 0 Å². The molecule has 2 heterocycles. The second-order valence-corrected chi connectivity index (χ2v) is 5.16. The van der Waals surface area contributed by atoms with Crippen LogP contribution in [0.1, 0.15) is 36.8 Å². The van der Waals surface area contributed by atoms with Crippen molar-refractivity contribution in [3.05, 3.63) is 17.0 Å². The molecule has 0 spiro atoms. The van der Waals surface area contributed by atoms with Gasteiger partial charge in [0.25, 0.3) is 0 Å². The molecule has 0 radical (unpaired) electrons. The van der Waals surface area contributed by atoms with Crippen LogP contribution in [0.2, 0.25) is 0 Å². The fraction of sp³-hybridized carbons (Fsp3) is 0.571. The first-order valence-corrected chi connectivity index (χ1v) is 6.99. The van der Waals surface area contributed by atoms with Crippen LogP contribution in [-0.2, 0) is 20.8 Å². The molecule has 1 saturated heterocycles. The van der Waals surface area contributed by atoms with Gasteiger partial charge in [0.15, 0.2) is 0 Å². The number of nitrogens with zero attached hydrogens (tertiary/aromatic N) is 2. The Morgan fingerprint density at radius 3 is 2.71 bits per heavy atom. The van der Waals surface area contributed by atoms with E-state index < -0.39 is 17.9 Å². The van der Waals surface area contributed by atoms with Gasteiger partial charge in [-0.1, -0.05) is 12.1 Å². The molecule has 114 valence electrons. The number of piperazine rings is 1. The molecule has 1 aromatic heterocycles. The average molecular weight is 293 g/mol. The summed E-state index contributed by atoms with van der Waals surface area (Å²) in [6.07, 6.45) is 1.19. The first kappa shape index (κ1) is 15.2. The van der Waals surface area contributed by atoms with Crippen LogP contribution in [0.15, 0.2) is 4.52 Å². The Hall–Kier alpha value is -2.18. The third kappa shape index (κ3) is 3.12. The lowest BCUT2D eigenvalue weighted by Gasteiger charge is -2.33. The van der Waals surface area contributed by atoms with E-state index in [0.29, 0.717) is 18.6 Å². The Morgan fingerprint density at radius 1 is 1.43 bits per heavy atom. The van der Waals surface area contributed by atoms with E-state index in [1.165, 1.54) is 4.90 Å². The normalized spacial score (nSPS) is 18.8. The third-order valence-corrected chi connectivity index (χ3v) is 3.73. The number of aromatic nitrogens is 1. The van der Waals surface area contributed by atoms with Crippen molar-refractivity contribution in [2.24, 2.45) is 0 Å². The van der Waals surface area contributed by atoms with Gasteiger partial charge in [-0.05, 0) is 26.7 Å². The summed E-state index contributed by atoms with van der Waals surface area (Å²) in [6, 6.07) is -0.570. The molecule has 3 amide bonds. The number of carbonyl (C=O) groups excluding carboxylic acids is 3. The van der Waals surface area contributed by atoms with Crippen molar-refractivity contribution in [2.45, 2.75) is 46.1 Å². The molecule has 21 heavy (non-hydrogen) atoms. The number of hydrogen-bond donors (Lipinski definition) is 1. The second-order valence-electron chi connectivity index (χ2n) is 5.16. The number of carbonyl (C=O) groups is 3. The Labute approximate surface area is 122 Å². The van der Waals surface area contributed by atoms with Gasteiger partial charge >= 0.3 is 0 Å². The number of aryl methyl sites for hydroxylation is 2. The SMILES string of the molecule is CCC1C(=O)NC(=O)CN1C(=O)CCc1c(C)noc1C. The molecule has 2 rings (SSSR count). The predicted molar refractivity (Wildman–Crippen MR) is 73.2 cm³/mol. The summed E-state index contributed by atoms with van der Waals surface area (Å²) in [5, 5.41) is 6.10. The van der Waals surface area contributed by atoms with Crippen molar-refractivity contribution in [1.82, 2.24) is 15.4 Å². The first-order valence-electron chi connectivity index (χ1n) is 6.99. The van der Waals surface area contributed by atoms with Crippen LogP contribution < -0.4 is 5.32 Å². The van der Waals surface area contributed by atoms with Crippen molar-refractivity contribution in [3.63, 3.8) is 0 Å². The molecule has 1 unspecified atom stereocenters. The molecular formula is C14H19N3O4. The fourth-order valence-electron chi connectivity index (χ4n) is 2.57. The highest BCUT2D eigenvalue weighted by Crippen LogP contribution is 2.17. The van der Waals surface area contributed by atoms with Crippen LogP contribution in [0.25, 0.3) is 0 Å². The molecule has 0 aliphatic carbocycles. The fourth-order valence-corrected chi connectivity index (χ4v) is 2.57. The molecule has 1 aliphatic heterocycles. The van der Waals surface area contributed by atoms with Crippen LogP contribution in [0.5, 0.6) is 0 Å². The van der Waals surface area contributed by atoms with Gasteiger partial charge in [0.2, 0.25) is 17.7 Å². The summed E-state index contributed by atoms with van der Waals surface area (Å²) in [4.78, 5) is 36.9. The summed E-state index contributed by atoms with van der Waals surface area (Å²) in [6.45, 7) is 5.37. The lowest BCUT2D eigenvalue weighted by molar-refractivity contribution is -0.150. The number of nitrogens with one attached hydrogen (secondary N) is 1. The average Bonchev–Trinajstić information content (AvgIpc) is 2.74. The smallest absolute Gasteiger partial charge is 0.249 e. The van der Waals surface area contributed by atoms with E-state index in [9.17, 15) is 14.4 Å². The zero-order valence-corrected chi connectivity index (χ0v) is 12.4. The van der Waals surface area contributed by atoms with Crippen LogP contribution >= 0.6 is 0 Å². The van der Waals surface area contributed by atoms with E-state index in [4.69, 9.17) is 4.52 Å². The summed E-state index contributed by atoms with van der Waals surface area (Å²) in [5.74, 6) is -0.348. The largest absolute Gasteiger partial charge is 0.361 e. The van der Waals surface area contributed by atoms with E-state index in [1.54, 1.807) is 6.92 Å². The summed E-state index contributed by atoms with van der Waals surface area (Å²) < 4.78 is 5.06. The second kappa shape index (κ2) is 6.07. The standard InChI is InChI=1S/C14H19N3O4/c1-4-11-14(20)15-12(18)7-17(11)13(19)6-5-10-8(2)16-21-9(10)3/h11H,4-7H2,1-3H3,(H,15,18,20). The molecule has 1 N–H and O–H groups in total. The third-order valence-electron chi connectivity index (χ3n) is 3.73. The maximum absolute atomic E-state index is 12.3. The number of rotatable bonds is 4. The van der Waals surface area contributed by atoms with Gasteiger partial charge in [0.05, 0.1) is 5.69 Å². The van der Waals surface area contributed by atoms with E-state index >= 15 is 0 Å². The Balaban J connectivity index is 2.05.